The Morgan fingerprint density at radius 2 is 0.824 bits per heavy atom. The van der Waals surface area contributed by atoms with Gasteiger partial charge in [-0.1, -0.05) is 23.7 Å². The van der Waals surface area contributed by atoms with E-state index in [1.807, 2.05) is 118 Å². The summed E-state index contributed by atoms with van der Waals surface area (Å²) in [4.78, 5) is 0. The summed E-state index contributed by atoms with van der Waals surface area (Å²) in [6.07, 6.45) is 0.145. The maximum atomic E-state index is 6.04. The highest BCUT2D eigenvalue weighted by atomic mass is 16.6. The predicted octanol–water partition coefficient (Wildman–Crippen LogP) is 6.70. The molecule has 0 aromatic heterocycles. The van der Waals surface area contributed by atoms with E-state index in [2.05, 4.69) is 23.7 Å². The van der Waals surface area contributed by atoms with Crippen LogP contribution in [-0.2, 0) is 18.9 Å². The number of hydrogen-bond donors (Lipinski definition) is 0. The highest BCUT2D eigenvalue weighted by Crippen LogP contribution is 2.19. The van der Waals surface area contributed by atoms with Gasteiger partial charge in [0.2, 0.25) is 0 Å². The van der Waals surface area contributed by atoms with Crippen LogP contribution in [0, 0.1) is 23.7 Å². The fraction of sp³-hybridized carbons (Fsp3) is 0.349. The molecule has 2 fully saturated rings. The smallest absolute Gasteiger partial charge is 0.119 e. The van der Waals surface area contributed by atoms with Crippen LogP contribution in [-0.4, -0.2) is 76.8 Å². The van der Waals surface area contributed by atoms with Crippen molar-refractivity contribution in [3.8, 4) is 46.7 Å². The normalized spacial score (nSPS) is 17.4. The van der Waals surface area contributed by atoms with Crippen molar-refractivity contribution in [3.63, 3.8) is 0 Å². The third-order valence-electron chi connectivity index (χ3n) is 7.79. The third-order valence-corrected chi connectivity index (χ3v) is 7.79. The molecule has 8 heteroatoms. The second kappa shape index (κ2) is 18.3. The molecule has 4 aromatic carbocycles. The number of hydrogen-bond acceptors (Lipinski definition) is 8. The first kappa shape index (κ1) is 35.9. The van der Waals surface area contributed by atoms with Gasteiger partial charge in [0.15, 0.2) is 0 Å². The van der Waals surface area contributed by atoms with E-state index in [1.54, 1.807) is 0 Å². The minimum absolute atomic E-state index is 0.0901. The van der Waals surface area contributed by atoms with Gasteiger partial charge in [-0.05, 0) is 118 Å². The Bertz CT molecular complexity index is 1770. The summed E-state index contributed by atoms with van der Waals surface area (Å²) < 4.78 is 45.6. The molecule has 0 saturated carbocycles. The van der Waals surface area contributed by atoms with Gasteiger partial charge >= 0.3 is 0 Å². The molecule has 2 heterocycles. The molecular formula is C43H44O8. The highest BCUT2D eigenvalue weighted by Gasteiger charge is 2.23. The van der Waals surface area contributed by atoms with Crippen LogP contribution in [0.3, 0.4) is 0 Å². The molecule has 8 nitrogen and oxygen atoms in total. The molecule has 2 saturated heterocycles. The molecule has 2 aliphatic rings. The maximum absolute atomic E-state index is 6.04. The van der Waals surface area contributed by atoms with Crippen molar-refractivity contribution in [2.24, 2.45) is 0 Å². The van der Waals surface area contributed by atoms with Crippen LogP contribution >= 0.6 is 0 Å². The number of ether oxygens (including phenoxy) is 8. The van der Waals surface area contributed by atoms with Gasteiger partial charge in [0, 0.05) is 22.3 Å². The van der Waals surface area contributed by atoms with Crippen LogP contribution < -0.4 is 18.9 Å². The van der Waals surface area contributed by atoms with E-state index in [1.165, 1.54) is 0 Å². The van der Waals surface area contributed by atoms with Crippen LogP contribution in [0.25, 0.3) is 0 Å². The summed E-state index contributed by atoms with van der Waals surface area (Å²) in [7, 11) is 0. The van der Waals surface area contributed by atoms with Crippen molar-refractivity contribution in [2.45, 2.75) is 51.3 Å². The zero-order valence-corrected chi connectivity index (χ0v) is 29.3. The van der Waals surface area contributed by atoms with Gasteiger partial charge in [0.1, 0.15) is 60.6 Å². The van der Waals surface area contributed by atoms with Crippen molar-refractivity contribution in [1.29, 1.82) is 0 Å². The van der Waals surface area contributed by atoms with Gasteiger partial charge in [-0.3, -0.25) is 0 Å². The van der Waals surface area contributed by atoms with Crippen LogP contribution in [0.15, 0.2) is 97.1 Å². The molecule has 0 radical (unpaired) electrons. The highest BCUT2D eigenvalue weighted by molar-refractivity contribution is 5.47. The van der Waals surface area contributed by atoms with E-state index in [4.69, 9.17) is 37.9 Å². The van der Waals surface area contributed by atoms with Gasteiger partial charge in [-0.2, -0.15) is 0 Å². The van der Waals surface area contributed by atoms with Crippen molar-refractivity contribution in [1.82, 2.24) is 0 Å². The molecule has 51 heavy (non-hydrogen) atoms. The van der Waals surface area contributed by atoms with Gasteiger partial charge in [0.25, 0.3) is 0 Å². The monoisotopic (exact) mass is 688 g/mol. The average Bonchev–Trinajstić information content (AvgIpc) is 4.09. The minimum Gasteiger partial charge on any atom is -0.491 e. The summed E-state index contributed by atoms with van der Waals surface area (Å²) >= 11 is 0. The minimum atomic E-state index is -0.126. The van der Waals surface area contributed by atoms with E-state index < -0.39 is 0 Å². The second-order valence-electron chi connectivity index (χ2n) is 12.7. The van der Waals surface area contributed by atoms with Crippen LogP contribution in [0.2, 0.25) is 0 Å². The lowest BCUT2D eigenvalue weighted by molar-refractivity contribution is -0.0428. The molecular weight excluding hydrogens is 644 g/mol. The summed E-state index contributed by atoms with van der Waals surface area (Å²) in [5.41, 5.74) is 3.67. The molecule has 5 atom stereocenters. The lowest BCUT2D eigenvalue weighted by Crippen LogP contribution is -2.27. The number of benzene rings is 4. The first-order valence-electron chi connectivity index (χ1n) is 17.4. The standard InChI is InChI=1S/C43H44O8/c1-31(45-26-33(3)51-41-22-14-37(15-23-41)7-5-35-10-18-39(19-11-35)47-28-43-30-49-43)24-44-25-32(2)50-40-20-12-36(13-21-40)6-4-34-8-16-38(17-9-34)46-27-42-29-48-42/h8-23,31-33,42-43H,24-30H2,1-3H3. The molecule has 264 valence electrons. The molecule has 0 N–H and O–H groups in total. The molecule has 4 aromatic rings. The van der Waals surface area contributed by atoms with Gasteiger partial charge < -0.3 is 37.9 Å². The Hall–Kier alpha value is -4.96. The number of epoxide rings is 2. The van der Waals surface area contributed by atoms with E-state index in [-0.39, 0.29) is 30.5 Å². The molecule has 0 spiro atoms. The molecule has 0 aliphatic carbocycles. The predicted molar refractivity (Wildman–Crippen MR) is 195 cm³/mol. The molecule has 0 amide bonds. The fourth-order valence-electron chi connectivity index (χ4n) is 4.78. The zero-order chi connectivity index (χ0) is 35.3. The molecule has 5 unspecified atom stereocenters. The summed E-state index contributed by atoms with van der Waals surface area (Å²) in [5, 5.41) is 0. The van der Waals surface area contributed by atoms with Crippen LogP contribution in [0.1, 0.15) is 43.0 Å². The van der Waals surface area contributed by atoms with Crippen molar-refractivity contribution in [2.75, 3.05) is 46.2 Å². The van der Waals surface area contributed by atoms with E-state index in [9.17, 15) is 0 Å². The summed E-state index contributed by atoms with van der Waals surface area (Å²) in [6.45, 7) is 10.0. The van der Waals surface area contributed by atoms with Crippen molar-refractivity contribution < 1.29 is 37.9 Å². The van der Waals surface area contributed by atoms with Gasteiger partial charge in [-0.25, -0.2) is 0 Å². The quantitative estimate of drug-likeness (QED) is 0.0897. The molecule has 6 rings (SSSR count). The lowest BCUT2D eigenvalue weighted by atomic mass is 10.1. The summed E-state index contributed by atoms with van der Waals surface area (Å²) in [5.74, 6) is 16.0. The Morgan fingerprint density at radius 3 is 1.20 bits per heavy atom. The summed E-state index contributed by atoms with van der Waals surface area (Å²) in [6, 6.07) is 31.1. The first-order valence-corrected chi connectivity index (χ1v) is 17.4. The zero-order valence-electron chi connectivity index (χ0n) is 29.3. The Morgan fingerprint density at radius 1 is 0.490 bits per heavy atom. The van der Waals surface area contributed by atoms with Crippen LogP contribution in [0.5, 0.6) is 23.0 Å². The second-order valence-corrected chi connectivity index (χ2v) is 12.7. The van der Waals surface area contributed by atoms with E-state index in [0.29, 0.717) is 33.0 Å². The Balaban J connectivity index is 0.833. The Kier molecular flexibility index (Phi) is 12.9. The molecule has 0 bridgehead atoms. The largest absolute Gasteiger partial charge is 0.491 e. The fourth-order valence-corrected chi connectivity index (χ4v) is 4.78. The van der Waals surface area contributed by atoms with E-state index in [0.717, 1.165) is 58.5 Å². The Labute approximate surface area is 300 Å². The first-order chi connectivity index (χ1) is 24.9. The molecule has 2 aliphatic heterocycles. The van der Waals surface area contributed by atoms with Crippen molar-refractivity contribution in [3.05, 3.63) is 119 Å². The average molecular weight is 689 g/mol. The van der Waals surface area contributed by atoms with Crippen molar-refractivity contribution >= 4 is 0 Å². The van der Waals surface area contributed by atoms with Gasteiger partial charge in [-0.15, -0.1) is 0 Å². The maximum Gasteiger partial charge on any atom is 0.119 e. The van der Waals surface area contributed by atoms with Crippen LogP contribution in [0.4, 0.5) is 0 Å². The van der Waals surface area contributed by atoms with Gasteiger partial charge in [0.05, 0.1) is 39.1 Å². The topological polar surface area (TPSA) is 80.4 Å². The number of rotatable bonds is 17. The SMILES string of the molecule is CC(COCC(C)Oc1ccc(C#Cc2ccc(OCC3CO3)cc2)cc1)OCC(C)Oc1ccc(C#Cc2ccc(OCC3CO3)cc2)cc1. The lowest BCUT2D eigenvalue weighted by Gasteiger charge is -2.20. The third kappa shape index (κ3) is 13.0. The van der Waals surface area contributed by atoms with E-state index >= 15 is 0 Å².